The van der Waals surface area contributed by atoms with Crippen LogP contribution < -0.4 is 5.32 Å². The van der Waals surface area contributed by atoms with Crippen LogP contribution in [0.5, 0.6) is 0 Å². The highest BCUT2D eigenvalue weighted by Gasteiger charge is 2.17. The summed E-state index contributed by atoms with van der Waals surface area (Å²) in [5.41, 5.74) is 2.77. The molecule has 2 rings (SSSR count). The molecule has 0 aliphatic carbocycles. The van der Waals surface area contributed by atoms with Gasteiger partial charge in [-0.15, -0.1) is 0 Å². The number of aromatic nitrogens is 1. The highest BCUT2D eigenvalue weighted by molar-refractivity contribution is 6.03. The third-order valence-electron chi connectivity index (χ3n) is 2.84. The standard InChI is InChI=1S/C16H16N2O3/c1-10-6-7-14(13(9-10)5-4-8-19)18-16(20)15-11(2)17-12(3)21-15/h6-7,9,19H,8H2,1-3H3,(H,18,20). The molecular formula is C16H16N2O3. The molecule has 0 aliphatic rings. The number of carbonyl (C=O) groups is 1. The van der Waals surface area contributed by atoms with Gasteiger partial charge >= 0.3 is 0 Å². The van der Waals surface area contributed by atoms with E-state index in [9.17, 15) is 4.79 Å². The van der Waals surface area contributed by atoms with E-state index in [1.165, 1.54) is 0 Å². The fraction of sp³-hybridized carbons (Fsp3) is 0.250. The van der Waals surface area contributed by atoms with Crippen molar-refractivity contribution in [3.63, 3.8) is 0 Å². The van der Waals surface area contributed by atoms with Crippen molar-refractivity contribution in [3.05, 3.63) is 46.7 Å². The van der Waals surface area contributed by atoms with E-state index in [2.05, 4.69) is 22.1 Å². The van der Waals surface area contributed by atoms with Crippen LogP contribution in [0.3, 0.4) is 0 Å². The Morgan fingerprint density at radius 1 is 1.38 bits per heavy atom. The maximum absolute atomic E-state index is 12.2. The van der Waals surface area contributed by atoms with Gasteiger partial charge in [0.25, 0.3) is 5.91 Å². The first-order chi connectivity index (χ1) is 10.0. The number of aliphatic hydroxyl groups excluding tert-OH is 1. The van der Waals surface area contributed by atoms with Crippen molar-refractivity contribution >= 4 is 11.6 Å². The molecular weight excluding hydrogens is 268 g/mol. The molecule has 5 heteroatoms. The molecule has 0 fully saturated rings. The Hall–Kier alpha value is -2.58. The molecule has 0 unspecified atom stereocenters. The van der Waals surface area contributed by atoms with Gasteiger partial charge in [0.05, 0.1) is 11.4 Å². The van der Waals surface area contributed by atoms with Crippen LogP contribution in [-0.2, 0) is 0 Å². The Kier molecular flexibility index (Phi) is 4.41. The quantitative estimate of drug-likeness (QED) is 0.829. The lowest BCUT2D eigenvalue weighted by molar-refractivity contribution is 0.0994. The monoisotopic (exact) mass is 284 g/mol. The molecule has 108 valence electrons. The lowest BCUT2D eigenvalue weighted by Gasteiger charge is -2.07. The van der Waals surface area contributed by atoms with Gasteiger partial charge in [0.1, 0.15) is 6.61 Å². The summed E-state index contributed by atoms with van der Waals surface area (Å²) in [6, 6.07) is 5.49. The van der Waals surface area contributed by atoms with Crippen LogP contribution in [0.15, 0.2) is 22.6 Å². The summed E-state index contributed by atoms with van der Waals surface area (Å²) in [5, 5.41) is 11.6. The third kappa shape index (κ3) is 3.50. The summed E-state index contributed by atoms with van der Waals surface area (Å²) >= 11 is 0. The van der Waals surface area contributed by atoms with E-state index in [1.54, 1.807) is 19.9 Å². The summed E-state index contributed by atoms with van der Waals surface area (Å²) < 4.78 is 5.29. The number of carbonyl (C=O) groups excluding carboxylic acids is 1. The van der Waals surface area contributed by atoms with Crippen LogP contribution in [0.2, 0.25) is 0 Å². The number of rotatable bonds is 2. The maximum Gasteiger partial charge on any atom is 0.293 e. The van der Waals surface area contributed by atoms with E-state index in [0.717, 1.165) is 5.56 Å². The van der Waals surface area contributed by atoms with E-state index in [4.69, 9.17) is 9.52 Å². The van der Waals surface area contributed by atoms with E-state index in [-0.39, 0.29) is 18.3 Å². The van der Waals surface area contributed by atoms with Crippen LogP contribution >= 0.6 is 0 Å². The van der Waals surface area contributed by atoms with Gasteiger partial charge in [-0.1, -0.05) is 17.9 Å². The summed E-state index contributed by atoms with van der Waals surface area (Å²) in [6.45, 7) is 5.10. The van der Waals surface area contributed by atoms with Gasteiger partial charge in [0.15, 0.2) is 5.89 Å². The molecule has 0 atom stereocenters. The first kappa shape index (κ1) is 14.8. The first-order valence-corrected chi connectivity index (χ1v) is 6.47. The number of anilines is 1. The lowest BCUT2D eigenvalue weighted by atomic mass is 10.1. The predicted octanol–water partition coefficient (Wildman–Crippen LogP) is 2.20. The Labute approximate surface area is 123 Å². The molecule has 2 N–H and O–H groups in total. The Bertz CT molecular complexity index is 736. The van der Waals surface area contributed by atoms with Crippen LogP contribution in [-0.4, -0.2) is 22.6 Å². The zero-order chi connectivity index (χ0) is 15.4. The minimum Gasteiger partial charge on any atom is -0.436 e. The zero-order valence-corrected chi connectivity index (χ0v) is 12.2. The van der Waals surface area contributed by atoms with Crippen molar-refractivity contribution in [2.75, 3.05) is 11.9 Å². The highest BCUT2D eigenvalue weighted by atomic mass is 16.4. The molecule has 0 spiro atoms. The van der Waals surface area contributed by atoms with Crippen LogP contribution in [0.25, 0.3) is 0 Å². The second-order valence-electron chi connectivity index (χ2n) is 4.61. The normalized spacial score (nSPS) is 9.90. The maximum atomic E-state index is 12.2. The molecule has 0 radical (unpaired) electrons. The van der Waals surface area contributed by atoms with Gasteiger partial charge in [-0.3, -0.25) is 4.79 Å². The van der Waals surface area contributed by atoms with Gasteiger partial charge < -0.3 is 14.8 Å². The molecule has 5 nitrogen and oxygen atoms in total. The molecule has 1 heterocycles. The number of nitrogens with one attached hydrogen (secondary N) is 1. The second-order valence-corrected chi connectivity index (χ2v) is 4.61. The molecule has 0 saturated heterocycles. The fourth-order valence-corrected chi connectivity index (χ4v) is 1.93. The first-order valence-electron chi connectivity index (χ1n) is 6.47. The molecule has 1 aromatic heterocycles. The largest absolute Gasteiger partial charge is 0.436 e. The van der Waals surface area contributed by atoms with Crippen molar-refractivity contribution in [2.45, 2.75) is 20.8 Å². The topological polar surface area (TPSA) is 75.4 Å². The third-order valence-corrected chi connectivity index (χ3v) is 2.84. The van der Waals surface area contributed by atoms with Gasteiger partial charge in [-0.05, 0) is 31.5 Å². The van der Waals surface area contributed by atoms with Crippen molar-refractivity contribution in [3.8, 4) is 11.8 Å². The number of hydrogen-bond donors (Lipinski definition) is 2. The summed E-state index contributed by atoms with van der Waals surface area (Å²) in [6.07, 6.45) is 0. The number of oxazole rings is 1. The Morgan fingerprint density at radius 3 is 2.76 bits per heavy atom. The van der Waals surface area contributed by atoms with E-state index in [1.807, 2.05) is 19.1 Å². The average Bonchev–Trinajstić information content (AvgIpc) is 2.78. The van der Waals surface area contributed by atoms with Crippen molar-refractivity contribution in [1.82, 2.24) is 4.98 Å². The number of hydrogen-bond acceptors (Lipinski definition) is 4. The summed E-state index contributed by atoms with van der Waals surface area (Å²) in [7, 11) is 0. The summed E-state index contributed by atoms with van der Waals surface area (Å²) in [5.74, 6) is 5.66. The van der Waals surface area contributed by atoms with Crippen LogP contribution in [0.1, 0.15) is 33.3 Å². The van der Waals surface area contributed by atoms with Crippen LogP contribution in [0, 0.1) is 32.6 Å². The predicted molar refractivity (Wildman–Crippen MR) is 79.1 cm³/mol. The highest BCUT2D eigenvalue weighted by Crippen LogP contribution is 2.18. The Morgan fingerprint density at radius 2 is 2.14 bits per heavy atom. The zero-order valence-electron chi connectivity index (χ0n) is 12.2. The number of nitrogens with zero attached hydrogens (tertiary/aromatic N) is 1. The number of amides is 1. The molecule has 1 amide bonds. The summed E-state index contributed by atoms with van der Waals surface area (Å²) in [4.78, 5) is 16.3. The molecule has 0 saturated carbocycles. The number of aliphatic hydroxyl groups is 1. The number of aryl methyl sites for hydroxylation is 3. The van der Waals surface area contributed by atoms with Gasteiger partial charge in [-0.25, -0.2) is 4.98 Å². The van der Waals surface area contributed by atoms with E-state index in [0.29, 0.717) is 22.8 Å². The minimum absolute atomic E-state index is 0.189. The van der Waals surface area contributed by atoms with E-state index >= 15 is 0 Å². The minimum atomic E-state index is -0.371. The molecule has 1 aromatic carbocycles. The Balaban J connectivity index is 2.31. The SMILES string of the molecule is Cc1ccc(NC(=O)c2oc(C)nc2C)c(C#CCO)c1. The molecule has 0 aliphatic heterocycles. The lowest BCUT2D eigenvalue weighted by Crippen LogP contribution is -2.13. The average molecular weight is 284 g/mol. The molecule has 2 aromatic rings. The van der Waals surface area contributed by atoms with Gasteiger partial charge in [-0.2, -0.15) is 0 Å². The van der Waals surface area contributed by atoms with Gasteiger partial charge in [0.2, 0.25) is 5.76 Å². The van der Waals surface area contributed by atoms with E-state index < -0.39 is 0 Å². The van der Waals surface area contributed by atoms with Crippen molar-refractivity contribution in [2.24, 2.45) is 0 Å². The van der Waals surface area contributed by atoms with Crippen molar-refractivity contribution < 1.29 is 14.3 Å². The second kappa shape index (κ2) is 6.25. The van der Waals surface area contributed by atoms with Crippen molar-refractivity contribution in [1.29, 1.82) is 0 Å². The van der Waals surface area contributed by atoms with Crippen LogP contribution in [0.4, 0.5) is 5.69 Å². The number of benzene rings is 1. The molecule has 0 bridgehead atoms. The fourth-order valence-electron chi connectivity index (χ4n) is 1.93. The smallest absolute Gasteiger partial charge is 0.293 e. The molecule has 21 heavy (non-hydrogen) atoms. The van der Waals surface area contributed by atoms with Gasteiger partial charge in [0, 0.05) is 12.5 Å².